The standard InChI is InChI=1S/C17H28N2O2/c1-5-7-19(8-6-2)15-12-18-11-13-9-14(20-3)10-16(21-4)17(13)15/h9-10,15,18H,5-8,11-12H2,1-4H3/p+2/t15-/m1/s1. The predicted molar refractivity (Wildman–Crippen MR) is 84.1 cm³/mol. The zero-order valence-corrected chi connectivity index (χ0v) is 13.9. The molecule has 0 unspecified atom stereocenters. The third-order valence-corrected chi connectivity index (χ3v) is 4.41. The van der Waals surface area contributed by atoms with Crippen LogP contribution in [0.1, 0.15) is 43.9 Å². The number of benzene rings is 1. The molecule has 1 aliphatic rings. The minimum absolute atomic E-state index is 0.523. The fourth-order valence-electron chi connectivity index (χ4n) is 3.52. The van der Waals surface area contributed by atoms with E-state index in [4.69, 9.17) is 9.47 Å². The minimum atomic E-state index is 0.523. The van der Waals surface area contributed by atoms with Gasteiger partial charge in [-0.1, -0.05) is 13.8 Å². The highest BCUT2D eigenvalue weighted by molar-refractivity contribution is 5.48. The van der Waals surface area contributed by atoms with E-state index in [-0.39, 0.29) is 0 Å². The van der Waals surface area contributed by atoms with Crippen LogP contribution in [0.3, 0.4) is 0 Å². The van der Waals surface area contributed by atoms with E-state index in [1.165, 1.54) is 37.1 Å². The van der Waals surface area contributed by atoms with E-state index in [1.54, 1.807) is 19.1 Å². The van der Waals surface area contributed by atoms with Crippen LogP contribution >= 0.6 is 0 Å². The van der Waals surface area contributed by atoms with Gasteiger partial charge in [-0.2, -0.15) is 0 Å². The van der Waals surface area contributed by atoms with Crippen LogP contribution in [-0.4, -0.2) is 33.9 Å². The molecule has 0 saturated carbocycles. The van der Waals surface area contributed by atoms with Gasteiger partial charge >= 0.3 is 0 Å². The van der Waals surface area contributed by atoms with E-state index in [2.05, 4.69) is 25.2 Å². The summed E-state index contributed by atoms with van der Waals surface area (Å²) in [5.74, 6) is 1.89. The summed E-state index contributed by atoms with van der Waals surface area (Å²) in [6, 6.07) is 4.73. The van der Waals surface area contributed by atoms with Crippen LogP contribution in [0.2, 0.25) is 0 Å². The van der Waals surface area contributed by atoms with Crippen LogP contribution < -0.4 is 19.7 Å². The number of nitrogens with one attached hydrogen (secondary N) is 1. The van der Waals surface area contributed by atoms with Gasteiger partial charge in [0.25, 0.3) is 0 Å². The largest absolute Gasteiger partial charge is 0.497 e. The molecule has 0 aromatic heterocycles. The first-order chi connectivity index (χ1) is 10.2. The van der Waals surface area contributed by atoms with E-state index in [9.17, 15) is 0 Å². The Bertz CT molecular complexity index is 439. The van der Waals surface area contributed by atoms with Gasteiger partial charge in [-0.3, -0.25) is 0 Å². The maximum atomic E-state index is 5.68. The van der Waals surface area contributed by atoms with E-state index < -0.39 is 0 Å². The molecule has 0 aliphatic carbocycles. The number of ether oxygens (including phenoxy) is 2. The molecule has 2 rings (SSSR count). The van der Waals surface area contributed by atoms with Crippen molar-refractivity contribution in [2.45, 2.75) is 39.3 Å². The lowest BCUT2D eigenvalue weighted by Gasteiger charge is -2.32. The molecule has 1 aromatic rings. The van der Waals surface area contributed by atoms with Crippen molar-refractivity contribution in [3.63, 3.8) is 0 Å². The maximum Gasteiger partial charge on any atom is 0.167 e. The normalized spacial score (nSPS) is 17.7. The average molecular weight is 294 g/mol. The van der Waals surface area contributed by atoms with Crippen LogP contribution in [0.25, 0.3) is 0 Å². The number of quaternary nitrogens is 2. The van der Waals surface area contributed by atoms with E-state index in [0.29, 0.717) is 6.04 Å². The summed E-state index contributed by atoms with van der Waals surface area (Å²) < 4.78 is 11.1. The summed E-state index contributed by atoms with van der Waals surface area (Å²) in [6.07, 6.45) is 2.44. The molecule has 0 fully saturated rings. The lowest BCUT2D eigenvalue weighted by molar-refractivity contribution is -0.948. The van der Waals surface area contributed by atoms with Gasteiger partial charge in [0.15, 0.2) is 6.04 Å². The molecular formula is C17H30N2O2+2. The van der Waals surface area contributed by atoms with Crippen LogP contribution in [0.5, 0.6) is 11.5 Å². The van der Waals surface area contributed by atoms with Gasteiger partial charge in [-0.15, -0.1) is 0 Å². The summed E-state index contributed by atoms with van der Waals surface area (Å²) in [4.78, 5) is 1.68. The zero-order chi connectivity index (χ0) is 15.2. The second-order valence-corrected chi connectivity index (χ2v) is 5.84. The first-order valence-corrected chi connectivity index (χ1v) is 8.16. The Morgan fingerprint density at radius 2 is 1.86 bits per heavy atom. The van der Waals surface area contributed by atoms with Gasteiger partial charge in [0.2, 0.25) is 0 Å². The Labute approximate surface area is 128 Å². The van der Waals surface area contributed by atoms with Gasteiger partial charge in [-0.25, -0.2) is 0 Å². The topological polar surface area (TPSA) is 39.5 Å². The van der Waals surface area contributed by atoms with Crippen molar-refractivity contribution in [3.05, 3.63) is 23.3 Å². The number of rotatable bonds is 7. The smallest absolute Gasteiger partial charge is 0.167 e. The van der Waals surface area contributed by atoms with E-state index >= 15 is 0 Å². The van der Waals surface area contributed by atoms with Crippen molar-refractivity contribution < 1.29 is 19.7 Å². The SMILES string of the molecule is CCC[NH+](CCC)[C@@H]1C[NH2+]Cc2cc(OC)cc(OC)c21. The van der Waals surface area contributed by atoms with E-state index in [1.807, 2.05) is 6.07 Å². The molecule has 1 atom stereocenters. The Hall–Kier alpha value is -1.26. The number of nitrogens with two attached hydrogens (primary N) is 1. The molecule has 0 bridgehead atoms. The fraction of sp³-hybridized carbons (Fsp3) is 0.647. The molecule has 4 nitrogen and oxygen atoms in total. The summed E-state index contributed by atoms with van der Waals surface area (Å²) >= 11 is 0. The summed E-state index contributed by atoms with van der Waals surface area (Å²) in [6.45, 7) is 9.15. The number of fused-ring (bicyclic) bond motifs is 1. The molecule has 1 heterocycles. The van der Waals surface area contributed by atoms with Crippen LogP contribution in [0.4, 0.5) is 0 Å². The molecule has 4 heteroatoms. The van der Waals surface area contributed by atoms with Crippen LogP contribution in [0, 0.1) is 0 Å². The monoisotopic (exact) mass is 294 g/mol. The molecule has 0 saturated heterocycles. The lowest BCUT2D eigenvalue weighted by Crippen LogP contribution is -3.15. The molecule has 0 amide bonds. The Balaban J connectivity index is 2.40. The number of hydrogen-bond donors (Lipinski definition) is 2. The van der Waals surface area contributed by atoms with E-state index in [0.717, 1.165) is 24.6 Å². The van der Waals surface area contributed by atoms with Gasteiger partial charge in [0.05, 0.1) is 32.9 Å². The molecule has 21 heavy (non-hydrogen) atoms. The molecule has 118 valence electrons. The van der Waals surface area contributed by atoms with Gasteiger partial charge in [0.1, 0.15) is 24.6 Å². The molecule has 1 aliphatic heterocycles. The van der Waals surface area contributed by atoms with Gasteiger partial charge in [-0.05, 0) is 18.9 Å². The molecule has 1 aromatic carbocycles. The number of methoxy groups -OCH3 is 2. The highest BCUT2D eigenvalue weighted by atomic mass is 16.5. The average Bonchev–Trinajstić information content (AvgIpc) is 2.52. The van der Waals surface area contributed by atoms with Gasteiger partial charge < -0.3 is 19.7 Å². The predicted octanol–water partition coefficient (Wildman–Crippen LogP) is 0.527. The Kier molecular flexibility index (Phi) is 5.88. The Morgan fingerprint density at radius 3 is 2.43 bits per heavy atom. The molecule has 0 spiro atoms. The Morgan fingerprint density at radius 1 is 1.14 bits per heavy atom. The molecular weight excluding hydrogens is 264 g/mol. The van der Waals surface area contributed by atoms with Crippen LogP contribution in [-0.2, 0) is 6.54 Å². The van der Waals surface area contributed by atoms with Crippen molar-refractivity contribution in [3.8, 4) is 11.5 Å². The third-order valence-electron chi connectivity index (χ3n) is 4.41. The van der Waals surface area contributed by atoms with Crippen molar-refractivity contribution in [2.75, 3.05) is 33.9 Å². The van der Waals surface area contributed by atoms with Crippen molar-refractivity contribution in [1.29, 1.82) is 0 Å². The highest BCUT2D eigenvalue weighted by Gasteiger charge is 2.34. The second-order valence-electron chi connectivity index (χ2n) is 5.84. The van der Waals surface area contributed by atoms with Gasteiger partial charge in [0, 0.05) is 11.6 Å². The van der Waals surface area contributed by atoms with Crippen molar-refractivity contribution in [2.24, 2.45) is 0 Å². The summed E-state index contributed by atoms with van der Waals surface area (Å²) in [7, 11) is 3.49. The minimum Gasteiger partial charge on any atom is -0.497 e. The quantitative estimate of drug-likeness (QED) is 0.770. The number of hydrogen-bond acceptors (Lipinski definition) is 2. The zero-order valence-electron chi connectivity index (χ0n) is 13.9. The van der Waals surface area contributed by atoms with Crippen LogP contribution in [0.15, 0.2) is 12.1 Å². The summed E-state index contributed by atoms with van der Waals surface area (Å²) in [5.41, 5.74) is 2.77. The maximum absolute atomic E-state index is 5.68. The summed E-state index contributed by atoms with van der Waals surface area (Å²) in [5, 5.41) is 2.41. The van der Waals surface area contributed by atoms with Crippen molar-refractivity contribution >= 4 is 0 Å². The highest BCUT2D eigenvalue weighted by Crippen LogP contribution is 2.33. The third kappa shape index (κ3) is 3.50. The molecule has 3 N–H and O–H groups in total. The molecule has 0 radical (unpaired) electrons. The fourth-order valence-corrected chi connectivity index (χ4v) is 3.52. The van der Waals surface area contributed by atoms with Crippen molar-refractivity contribution in [1.82, 2.24) is 0 Å². The lowest BCUT2D eigenvalue weighted by atomic mass is 9.93. The first kappa shape index (κ1) is 16.1. The first-order valence-electron chi connectivity index (χ1n) is 8.16. The second kappa shape index (κ2) is 7.66.